The summed E-state index contributed by atoms with van der Waals surface area (Å²) >= 11 is 1.68. The van der Waals surface area contributed by atoms with Gasteiger partial charge in [-0.05, 0) is 31.7 Å². The molecule has 1 amide bonds. The molecule has 1 unspecified atom stereocenters. The molecule has 0 aromatic carbocycles. The summed E-state index contributed by atoms with van der Waals surface area (Å²) in [5, 5.41) is 2.04. The standard InChI is InChI=1S/C14H24N2OS/c1-4-5-8-13(15)14(17)16(11(2)3)10-12-7-6-9-18-12/h6-7,9,11,13H,4-5,8,10,15H2,1-3H3. The molecule has 3 nitrogen and oxygen atoms in total. The Morgan fingerprint density at radius 3 is 2.72 bits per heavy atom. The summed E-state index contributed by atoms with van der Waals surface area (Å²) in [6.45, 7) is 6.87. The molecule has 18 heavy (non-hydrogen) atoms. The van der Waals surface area contributed by atoms with Gasteiger partial charge in [-0.25, -0.2) is 0 Å². The number of unbranched alkanes of at least 4 members (excludes halogenated alkanes) is 1. The number of nitrogens with zero attached hydrogens (tertiary/aromatic N) is 1. The fourth-order valence-electron chi connectivity index (χ4n) is 1.85. The molecule has 1 aromatic heterocycles. The van der Waals surface area contributed by atoms with Crippen molar-refractivity contribution >= 4 is 17.2 Å². The Hall–Kier alpha value is -0.870. The van der Waals surface area contributed by atoms with Gasteiger partial charge in [0.05, 0.1) is 12.6 Å². The van der Waals surface area contributed by atoms with E-state index in [0.717, 1.165) is 19.3 Å². The lowest BCUT2D eigenvalue weighted by Gasteiger charge is -2.29. The summed E-state index contributed by atoms with van der Waals surface area (Å²) in [6.07, 6.45) is 2.87. The average molecular weight is 268 g/mol. The molecule has 1 aromatic rings. The van der Waals surface area contributed by atoms with Crippen LogP contribution in [-0.4, -0.2) is 22.9 Å². The van der Waals surface area contributed by atoms with Gasteiger partial charge in [0.2, 0.25) is 5.91 Å². The maximum Gasteiger partial charge on any atom is 0.240 e. The summed E-state index contributed by atoms with van der Waals surface area (Å²) in [7, 11) is 0. The second-order valence-electron chi connectivity index (χ2n) is 4.89. The Kier molecular flexibility index (Phi) is 6.36. The van der Waals surface area contributed by atoms with Crippen molar-refractivity contribution in [1.29, 1.82) is 0 Å². The molecule has 0 fully saturated rings. The van der Waals surface area contributed by atoms with E-state index in [2.05, 4.69) is 13.0 Å². The molecule has 1 rings (SSSR count). The number of carbonyl (C=O) groups is 1. The second-order valence-corrected chi connectivity index (χ2v) is 5.92. The van der Waals surface area contributed by atoms with Crippen LogP contribution < -0.4 is 5.73 Å². The first kappa shape index (κ1) is 15.2. The number of nitrogens with two attached hydrogens (primary N) is 1. The van der Waals surface area contributed by atoms with E-state index in [4.69, 9.17) is 5.73 Å². The van der Waals surface area contributed by atoms with E-state index in [1.165, 1.54) is 4.88 Å². The molecule has 0 aliphatic heterocycles. The van der Waals surface area contributed by atoms with Gasteiger partial charge in [-0.1, -0.05) is 25.8 Å². The first-order valence-corrected chi connectivity index (χ1v) is 7.52. The summed E-state index contributed by atoms with van der Waals surface area (Å²) < 4.78 is 0. The van der Waals surface area contributed by atoms with Gasteiger partial charge < -0.3 is 10.6 Å². The van der Waals surface area contributed by atoms with E-state index < -0.39 is 0 Å². The van der Waals surface area contributed by atoms with E-state index in [1.807, 2.05) is 30.2 Å². The van der Waals surface area contributed by atoms with E-state index in [9.17, 15) is 4.79 Å². The van der Waals surface area contributed by atoms with Crippen LogP contribution in [0.2, 0.25) is 0 Å². The molecule has 0 bridgehead atoms. The minimum absolute atomic E-state index is 0.0758. The topological polar surface area (TPSA) is 46.3 Å². The number of carbonyl (C=O) groups excluding carboxylic acids is 1. The fraction of sp³-hybridized carbons (Fsp3) is 0.643. The lowest BCUT2D eigenvalue weighted by atomic mass is 10.1. The molecule has 0 aliphatic rings. The minimum atomic E-state index is -0.354. The zero-order chi connectivity index (χ0) is 13.5. The number of amides is 1. The van der Waals surface area contributed by atoms with Gasteiger partial charge in [0.15, 0.2) is 0 Å². The summed E-state index contributed by atoms with van der Waals surface area (Å²) in [5.41, 5.74) is 5.98. The van der Waals surface area contributed by atoms with Crippen LogP contribution in [0.25, 0.3) is 0 Å². The predicted molar refractivity (Wildman–Crippen MR) is 77.5 cm³/mol. The van der Waals surface area contributed by atoms with Crippen LogP contribution in [0.5, 0.6) is 0 Å². The Morgan fingerprint density at radius 1 is 1.50 bits per heavy atom. The van der Waals surface area contributed by atoms with Crippen molar-refractivity contribution in [2.45, 2.75) is 58.7 Å². The maximum atomic E-state index is 12.3. The van der Waals surface area contributed by atoms with Gasteiger partial charge in [-0.3, -0.25) is 4.79 Å². The normalized spacial score (nSPS) is 12.7. The Labute approximate surface area is 114 Å². The molecule has 0 saturated heterocycles. The second kappa shape index (κ2) is 7.54. The molecule has 0 spiro atoms. The van der Waals surface area contributed by atoms with Crippen molar-refractivity contribution in [3.05, 3.63) is 22.4 Å². The van der Waals surface area contributed by atoms with Crippen LogP contribution in [0.15, 0.2) is 17.5 Å². The van der Waals surface area contributed by atoms with Crippen molar-refractivity contribution in [2.24, 2.45) is 5.73 Å². The van der Waals surface area contributed by atoms with Gasteiger partial charge in [-0.15, -0.1) is 11.3 Å². The fourth-order valence-corrected chi connectivity index (χ4v) is 2.55. The van der Waals surface area contributed by atoms with Crippen LogP contribution >= 0.6 is 11.3 Å². The predicted octanol–water partition coefficient (Wildman–Crippen LogP) is 3.00. The third-order valence-electron chi connectivity index (χ3n) is 3.00. The summed E-state index contributed by atoms with van der Waals surface area (Å²) in [6, 6.07) is 3.91. The Morgan fingerprint density at radius 2 is 2.22 bits per heavy atom. The zero-order valence-corrected chi connectivity index (χ0v) is 12.4. The zero-order valence-electron chi connectivity index (χ0n) is 11.6. The van der Waals surface area contributed by atoms with Crippen molar-refractivity contribution in [2.75, 3.05) is 0 Å². The Balaban J connectivity index is 2.63. The lowest BCUT2D eigenvalue weighted by Crippen LogP contribution is -2.46. The molecular weight excluding hydrogens is 244 g/mol. The summed E-state index contributed by atoms with van der Waals surface area (Å²) in [4.78, 5) is 15.4. The molecular formula is C14H24N2OS. The summed E-state index contributed by atoms with van der Waals surface area (Å²) in [5.74, 6) is 0.0758. The quantitative estimate of drug-likeness (QED) is 0.826. The van der Waals surface area contributed by atoms with Crippen LogP contribution in [0, 0.1) is 0 Å². The van der Waals surface area contributed by atoms with Gasteiger partial charge in [0.1, 0.15) is 0 Å². The lowest BCUT2D eigenvalue weighted by molar-refractivity contribution is -0.135. The van der Waals surface area contributed by atoms with Gasteiger partial charge in [-0.2, -0.15) is 0 Å². The highest BCUT2D eigenvalue weighted by Gasteiger charge is 2.23. The van der Waals surface area contributed by atoms with E-state index >= 15 is 0 Å². The molecule has 4 heteroatoms. The number of hydrogen-bond donors (Lipinski definition) is 1. The highest BCUT2D eigenvalue weighted by molar-refractivity contribution is 7.09. The van der Waals surface area contributed by atoms with E-state index in [1.54, 1.807) is 11.3 Å². The number of rotatable bonds is 7. The molecule has 102 valence electrons. The molecule has 0 aliphatic carbocycles. The van der Waals surface area contributed by atoms with Crippen LogP contribution in [0.1, 0.15) is 44.9 Å². The highest BCUT2D eigenvalue weighted by atomic mass is 32.1. The third-order valence-corrected chi connectivity index (χ3v) is 3.86. The number of hydrogen-bond acceptors (Lipinski definition) is 3. The molecule has 0 saturated carbocycles. The first-order valence-electron chi connectivity index (χ1n) is 6.64. The van der Waals surface area contributed by atoms with Gasteiger partial charge in [0.25, 0.3) is 0 Å². The van der Waals surface area contributed by atoms with Crippen molar-refractivity contribution in [3.8, 4) is 0 Å². The molecule has 1 heterocycles. The molecule has 1 atom stereocenters. The van der Waals surface area contributed by atoms with E-state index in [-0.39, 0.29) is 18.0 Å². The van der Waals surface area contributed by atoms with Crippen molar-refractivity contribution < 1.29 is 4.79 Å². The maximum absolute atomic E-state index is 12.3. The largest absolute Gasteiger partial charge is 0.334 e. The van der Waals surface area contributed by atoms with Gasteiger partial charge in [0, 0.05) is 10.9 Å². The van der Waals surface area contributed by atoms with Crippen LogP contribution in [-0.2, 0) is 11.3 Å². The van der Waals surface area contributed by atoms with Gasteiger partial charge >= 0.3 is 0 Å². The van der Waals surface area contributed by atoms with Crippen molar-refractivity contribution in [3.63, 3.8) is 0 Å². The third kappa shape index (κ3) is 4.42. The van der Waals surface area contributed by atoms with E-state index in [0.29, 0.717) is 6.54 Å². The first-order chi connectivity index (χ1) is 8.56. The Bertz CT molecular complexity index is 349. The average Bonchev–Trinajstić information content (AvgIpc) is 2.84. The SMILES string of the molecule is CCCCC(N)C(=O)N(Cc1cccs1)C(C)C. The number of thiophene rings is 1. The van der Waals surface area contributed by atoms with Crippen molar-refractivity contribution in [1.82, 2.24) is 4.90 Å². The minimum Gasteiger partial charge on any atom is -0.334 e. The van der Waals surface area contributed by atoms with Crippen LogP contribution in [0.4, 0.5) is 0 Å². The monoisotopic (exact) mass is 268 g/mol. The molecule has 0 radical (unpaired) electrons. The molecule has 2 N–H and O–H groups in total. The highest BCUT2D eigenvalue weighted by Crippen LogP contribution is 2.15. The smallest absolute Gasteiger partial charge is 0.240 e. The van der Waals surface area contributed by atoms with Crippen LogP contribution in [0.3, 0.4) is 0 Å².